The molecule has 0 saturated carbocycles. The molecule has 2 amide bonds. The molecule has 2 aliphatic heterocycles. The number of rotatable bonds is 7. The molecule has 170 valence electrons. The fraction of sp³-hybridized carbons (Fsp3) is 0.391. The highest BCUT2D eigenvalue weighted by Crippen LogP contribution is 2.33. The minimum absolute atomic E-state index is 0.0376. The first kappa shape index (κ1) is 22.8. The molecular weight excluding hydrogens is 450 g/mol. The molecule has 9 heteroatoms. The molecule has 1 unspecified atom stereocenters. The monoisotopic (exact) mass is 475 g/mol. The Bertz CT molecular complexity index is 964. The fourth-order valence-corrected chi connectivity index (χ4v) is 4.81. The second-order valence-electron chi connectivity index (χ2n) is 7.81. The van der Waals surface area contributed by atoms with Gasteiger partial charge in [0.15, 0.2) is 11.5 Å². The lowest BCUT2D eigenvalue weighted by atomic mass is 10.1. The first-order valence-electron chi connectivity index (χ1n) is 10.5. The number of carbonyl (C=O) groups is 2. The molecule has 1 atom stereocenters. The highest BCUT2D eigenvalue weighted by molar-refractivity contribution is 7.99. The van der Waals surface area contributed by atoms with Crippen LogP contribution in [0.3, 0.4) is 0 Å². The van der Waals surface area contributed by atoms with Crippen molar-refractivity contribution < 1.29 is 19.1 Å². The van der Waals surface area contributed by atoms with Crippen LogP contribution in [0.25, 0.3) is 0 Å². The summed E-state index contributed by atoms with van der Waals surface area (Å²) in [7, 11) is 0. The molecule has 2 aromatic carbocycles. The van der Waals surface area contributed by atoms with Gasteiger partial charge in [-0.3, -0.25) is 14.5 Å². The van der Waals surface area contributed by atoms with Crippen LogP contribution < -0.4 is 14.8 Å². The molecular formula is C23H26ClN3O4S. The number of amides is 2. The Balaban J connectivity index is 1.30. The van der Waals surface area contributed by atoms with Crippen LogP contribution in [0.5, 0.6) is 11.5 Å². The Kier molecular flexibility index (Phi) is 7.44. The van der Waals surface area contributed by atoms with Crippen LogP contribution in [0, 0.1) is 0 Å². The number of piperazine rings is 1. The van der Waals surface area contributed by atoms with Crippen molar-refractivity contribution in [2.24, 2.45) is 0 Å². The summed E-state index contributed by atoms with van der Waals surface area (Å²) >= 11 is 7.47. The molecule has 2 aromatic rings. The molecule has 0 bridgehead atoms. The number of fused-ring (bicyclic) bond motifs is 1. The van der Waals surface area contributed by atoms with Gasteiger partial charge in [-0.25, -0.2) is 0 Å². The normalized spacial score (nSPS) is 16.6. The SMILES string of the molecule is CC(=O)NC(CSc1ccc(Cl)cc1)C(=O)N1CCN(Cc2ccc3c(c2)OCO3)CC1. The second-order valence-corrected chi connectivity index (χ2v) is 9.34. The largest absolute Gasteiger partial charge is 0.454 e. The second kappa shape index (κ2) is 10.5. The summed E-state index contributed by atoms with van der Waals surface area (Å²) in [6.45, 7) is 5.31. The molecule has 4 rings (SSSR count). The van der Waals surface area contributed by atoms with Gasteiger partial charge in [0.25, 0.3) is 0 Å². The minimum Gasteiger partial charge on any atom is -0.454 e. The number of carbonyl (C=O) groups excluding carboxylic acids is 2. The molecule has 0 aliphatic carbocycles. The molecule has 1 saturated heterocycles. The maximum Gasteiger partial charge on any atom is 0.246 e. The van der Waals surface area contributed by atoms with Gasteiger partial charge < -0.3 is 19.7 Å². The Morgan fingerprint density at radius 3 is 2.50 bits per heavy atom. The van der Waals surface area contributed by atoms with E-state index in [2.05, 4.69) is 10.2 Å². The predicted octanol–water partition coefficient (Wildman–Crippen LogP) is 3.01. The minimum atomic E-state index is -0.561. The van der Waals surface area contributed by atoms with Gasteiger partial charge >= 0.3 is 0 Å². The lowest BCUT2D eigenvalue weighted by Gasteiger charge is -2.36. The summed E-state index contributed by atoms with van der Waals surface area (Å²) in [6.07, 6.45) is 0. The number of hydrogen-bond acceptors (Lipinski definition) is 6. The van der Waals surface area contributed by atoms with E-state index in [9.17, 15) is 9.59 Å². The zero-order valence-electron chi connectivity index (χ0n) is 17.9. The van der Waals surface area contributed by atoms with Gasteiger partial charge in [-0.15, -0.1) is 11.8 Å². The van der Waals surface area contributed by atoms with Crippen LogP contribution in [-0.2, 0) is 16.1 Å². The Labute approximate surface area is 197 Å². The van der Waals surface area contributed by atoms with Crippen molar-refractivity contribution in [3.05, 3.63) is 53.1 Å². The van der Waals surface area contributed by atoms with E-state index in [1.165, 1.54) is 18.7 Å². The van der Waals surface area contributed by atoms with Crippen LogP contribution >= 0.6 is 23.4 Å². The van der Waals surface area contributed by atoms with Crippen molar-refractivity contribution in [1.29, 1.82) is 0 Å². The number of ether oxygens (including phenoxy) is 2. The third kappa shape index (κ3) is 5.88. The van der Waals surface area contributed by atoms with Crippen molar-refractivity contribution in [3.8, 4) is 11.5 Å². The van der Waals surface area contributed by atoms with Crippen LogP contribution in [-0.4, -0.2) is 66.4 Å². The zero-order chi connectivity index (χ0) is 22.5. The molecule has 1 fully saturated rings. The van der Waals surface area contributed by atoms with Gasteiger partial charge in [-0.05, 0) is 42.0 Å². The van der Waals surface area contributed by atoms with Gasteiger partial charge in [0, 0.05) is 55.3 Å². The molecule has 2 heterocycles. The third-order valence-electron chi connectivity index (χ3n) is 5.43. The van der Waals surface area contributed by atoms with Crippen molar-refractivity contribution >= 4 is 35.2 Å². The van der Waals surface area contributed by atoms with E-state index in [1.54, 1.807) is 0 Å². The Morgan fingerprint density at radius 2 is 1.78 bits per heavy atom. The van der Waals surface area contributed by atoms with E-state index in [0.29, 0.717) is 23.9 Å². The highest BCUT2D eigenvalue weighted by atomic mass is 35.5. The average Bonchev–Trinajstić information content (AvgIpc) is 3.25. The summed E-state index contributed by atoms with van der Waals surface area (Å²) in [5.41, 5.74) is 1.16. The lowest BCUT2D eigenvalue weighted by molar-refractivity contribution is -0.137. The number of benzene rings is 2. The lowest BCUT2D eigenvalue weighted by Crippen LogP contribution is -2.55. The standard InChI is InChI=1S/C23H26ClN3O4S/c1-16(28)25-20(14-32-19-5-3-18(24)4-6-19)23(29)27-10-8-26(9-11-27)13-17-2-7-21-22(12-17)31-15-30-21/h2-7,12,20H,8-11,13-15H2,1H3,(H,25,28). The van der Waals surface area contributed by atoms with Crippen molar-refractivity contribution in [3.63, 3.8) is 0 Å². The summed E-state index contributed by atoms with van der Waals surface area (Å²) in [5.74, 6) is 1.79. The predicted molar refractivity (Wildman–Crippen MR) is 124 cm³/mol. The summed E-state index contributed by atoms with van der Waals surface area (Å²) < 4.78 is 10.8. The topological polar surface area (TPSA) is 71.1 Å². The van der Waals surface area contributed by atoms with E-state index < -0.39 is 6.04 Å². The number of nitrogens with zero attached hydrogens (tertiary/aromatic N) is 2. The van der Waals surface area contributed by atoms with Crippen LogP contribution in [0.4, 0.5) is 0 Å². The molecule has 0 radical (unpaired) electrons. The molecule has 7 nitrogen and oxygen atoms in total. The molecule has 0 spiro atoms. The molecule has 1 N–H and O–H groups in total. The van der Waals surface area contributed by atoms with Crippen molar-refractivity contribution in [1.82, 2.24) is 15.1 Å². The van der Waals surface area contributed by atoms with E-state index in [-0.39, 0.29) is 18.6 Å². The van der Waals surface area contributed by atoms with Crippen molar-refractivity contribution in [2.45, 2.75) is 24.4 Å². The first-order chi connectivity index (χ1) is 15.5. The van der Waals surface area contributed by atoms with Crippen molar-refractivity contribution in [2.75, 3.05) is 38.7 Å². The van der Waals surface area contributed by atoms with Gasteiger partial charge in [-0.2, -0.15) is 0 Å². The molecule has 2 aliphatic rings. The van der Waals surface area contributed by atoms with Gasteiger partial charge in [0.1, 0.15) is 6.04 Å². The molecule has 0 aromatic heterocycles. The van der Waals surface area contributed by atoms with Gasteiger partial charge in [-0.1, -0.05) is 17.7 Å². The number of hydrogen-bond donors (Lipinski definition) is 1. The Morgan fingerprint density at radius 1 is 1.06 bits per heavy atom. The fourth-order valence-electron chi connectivity index (χ4n) is 3.77. The van der Waals surface area contributed by atoms with Gasteiger partial charge in [0.05, 0.1) is 0 Å². The summed E-state index contributed by atoms with van der Waals surface area (Å²) in [4.78, 5) is 30.0. The first-order valence-corrected chi connectivity index (χ1v) is 11.9. The van der Waals surface area contributed by atoms with Crippen LogP contribution in [0.1, 0.15) is 12.5 Å². The zero-order valence-corrected chi connectivity index (χ0v) is 19.5. The summed E-state index contributed by atoms with van der Waals surface area (Å²) in [5, 5.41) is 3.49. The van der Waals surface area contributed by atoms with Crippen LogP contribution in [0.15, 0.2) is 47.4 Å². The van der Waals surface area contributed by atoms with E-state index in [0.717, 1.165) is 41.6 Å². The summed E-state index contributed by atoms with van der Waals surface area (Å²) in [6, 6.07) is 12.9. The number of halogens is 1. The van der Waals surface area contributed by atoms with E-state index in [1.807, 2.05) is 47.4 Å². The van der Waals surface area contributed by atoms with Gasteiger partial charge in [0.2, 0.25) is 18.6 Å². The third-order valence-corrected chi connectivity index (χ3v) is 6.79. The number of thioether (sulfide) groups is 1. The molecule has 32 heavy (non-hydrogen) atoms. The highest BCUT2D eigenvalue weighted by Gasteiger charge is 2.28. The van der Waals surface area contributed by atoms with E-state index in [4.69, 9.17) is 21.1 Å². The maximum atomic E-state index is 13.1. The maximum absolute atomic E-state index is 13.1. The van der Waals surface area contributed by atoms with E-state index >= 15 is 0 Å². The quantitative estimate of drug-likeness (QED) is 0.621. The Hall–Kier alpha value is -2.42. The average molecular weight is 476 g/mol. The smallest absolute Gasteiger partial charge is 0.246 e. The number of nitrogens with one attached hydrogen (secondary N) is 1. The van der Waals surface area contributed by atoms with Crippen LogP contribution in [0.2, 0.25) is 5.02 Å².